The lowest BCUT2D eigenvalue weighted by Gasteiger charge is -2.05. The maximum Gasteiger partial charge on any atom is 0.244 e. The normalized spacial score (nSPS) is 11.0. The Hall–Kier alpha value is -2.63. The van der Waals surface area contributed by atoms with E-state index in [2.05, 4.69) is 20.7 Å². The van der Waals surface area contributed by atoms with Gasteiger partial charge in [0.1, 0.15) is 0 Å². The zero-order chi connectivity index (χ0) is 18.5. The number of halogens is 2. The van der Waals surface area contributed by atoms with Gasteiger partial charge in [0.25, 0.3) is 0 Å². The Balaban J connectivity index is 1.67. The molecule has 0 atom stereocenters. The largest absolute Gasteiger partial charge is 0.277 e. The Bertz CT molecular complexity index is 928. The summed E-state index contributed by atoms with van der Waals surface area (Å²) < 4.78 is 0. The number of hydrogen-bond acceptors (Lipinski definition) is 3. The number of aromatic nitrogens is 2. The van der Waals surface area contributed by atoms with Crippen LogP contribution in [0.3, 0.4) is 0 Å². The van der Waals surface area contributed by atoms with Crippen LogP contribution in [0.15, 0.2) is 53.8 Å². The summed E-state index contributed by atoms with van der Waals surface area (Å²) >= 11 is 12.1. The maximum atomic E-state index is 12.1. The molecule has 0 saturated heterocycles. The molecule has 0 bridgehead atoms. The molecular weight excluding hydrogens is 371 g/mol. The molecule has 2 aromatic carbocycles. The van der Waals surface area contributed by atoms with E-state index in [1.807, 2.05) is 31.2 Å². The number of nitrogens with zero attached hydrogens (tertiary/aromatic N) is 2. The zero-order valence-electron chi connectivity index (χ0n) is 14.0. The van der Waals surface area contributed by atoms with E-state index in [1.165, 1.54) is 5.56 Å². The molecule has 2 N–H and O–H groups in total. The van der Waals surface area contributed by atoms with Gasteiger partial charge in [-0.05, 0) is 24.6 Å². The lowest BCUT2D eigenvalue weighted by Crippen LogP contribution is -2.20. The molecule has 0 aliphatic carbocycles. The molecule has 26 heavy (non-hydrogen) atoms. The molecule has 1 heterocycles. The van der Waals surface area contributed by atoms with E-state index in [4.69, 9.17) is 23.2 Å². The molecule has 5 nitrogen and oxygen atoms in total. The lowest BCUT2D eigenvalue weighted by atomic mass is 10.1. The zero-order valence-corrected chi connectivity index (χ0v) is 15.5. The van der Waals surface area contributed by atoms with Gasteiger partial charge in [0.05, 0.1) is 24.5 Å². The van der Waals surface area contributed by atoms with Gasteiger partial charge in [-0.3, -0.25) is 9.89 Å². The molecule has 1 amide bonds. The Kier molecular flexibility index (Phi) is 5.71. The number of nitrogens with one attached hydrogen (secondary N) is 2. The molecule has 7 heteroatoms. The van der Waals surface area contributed by atoms with Crippen LogP contribution in [0.2, 0.25) is 10.0 Å². The van der Waals surface area contributed by atoms with Gasteiger partial charge >= 0.3 is 0 Å². The van der Waals surface area contributed by atoms with E-state index in [0.717, 1.165) is 16.8 Å². The maximum absolute atomic E-state index is 12.1. The second-order valence-corrected chi connectivity index (χ2v) is 6.55. The van der Waals surface area contributed by atoms with Gasteiger partial charge in [-0.15, -0.1) is 0 Å². The summed E-state index contributed by atoms with van der Waals surface area (Å²) in [7, 11) is 0. The summed E-state index contributed by atoms with van der Waals surface area (Å²) in [5.74, 6) is -0.309. The summed E-state index contributed by atoms with van der Waals surface area (Å²) in [5.41, 5.74) is 6.82. The Morgan fingerprint density at radius 2 is 1.88 bits per heavy atom. The van der Waals surface area contributed by atoms with Crippen LogP contribution in [0.5, 0.6) is 0 Å². The molecule has 0 spiro atoms. The summed E-state index contributed by atoms with van der Waals surface area (Å²) in [6, 6.07) is 13.2. The minimum absolute atomic E-state index is 0.0477. The summed E-state index contributed by atoms with van der Waals surface area (Å²) in [5, 5.41) is 11.9. The van der Waals surface area contributed by atoms with Crippen LogP contribution in [0.25, 0.3) is 11.3 Å². The number of carbonyl (C=O) groups is 1. The number of aromatic amines is 1. The second-order valence-electron chi connectivity index (χ2n) is 5.74. The third kappa shape index (κ3) is 4.31. The van der Waals surface area contributed by atoms with E-state index in [1.54, 1.807) is 30.6 Å². The first-order valence-electron chi connectivity index (χ1n) is 7.90. The molecule has 3 rings (SSSR count). The molecular formula is C19H16Cl2N4O. The van der Waals surface area contributed by atoms with Crippen molar-refractivity contribution >= 4 is 35.3 Å². The lowest BCUT2D eigenvalue weighted by molar-refractivity contribution is -0.120. The van der Waals surface area contributed by atoms with Crippen LogP contribution < -0.4 is 5.43 Å². The average molecular weight is 387 g/mol. The number of aryl methyl sites for hydroxylation is 1. The van der Waals surface area contributed by atoms with Crippen molar-refractivity contribution in [2.45, 2.75) is 13.3 Å². The van der Waals surface area contributed by atoms with Crippen LogP contribution in [0.4, 0.5) is 0 Å². The van der Waals surface area contributed by atoms with Crippen molar-refractivity contribution in [2.75, 3.05) is 0 Å². The van der Waals surface area contributed by atoms with Crippen molar-refractivity contribution in [1.82, 2.24) is 15.6 Å². The highest BCUT2D eigenvalue weighted by molar-refractivity contribution is 6.36. The van der Waals surface area contributed by atoms with Crippen molar-refractivity contribution in [2.24, 2.45) is 5.10 Å². The SMILES string of the molecule is Cc1ccc(-c2[nH]ncc2/C=N\NC(=O)Cc2c(Cl)cccc2Cl)cc1. The van der Waals surface area contributed by atoms with Gasteiger partial charge in [-0.25, -0.2) is 5.43 Å². The molecule has 0 unspecified atom stereocenters. The molecule has 0 aliphatic heterocycles. The third-order valence-electron chi connectivity index (χ3n) is 3.80. The fourth-order valence-electron chi connectivity index (χ4n) is 2.42. The first-order valence-corrected chi connectivity index (χ1v) is 8.65. The molecule has 0 saturated carbocycles. The van der Waals surface area contributed by atoms with Crippen molar-refractivity contribution < 1.29 is 4.79 Å². The fourth-order valence-corrected chi connectivity index (χ4v) is 2.95. The topological polar surface area (TPSA) is 70.1 Å². The van der Waals surface area contributed by atoms with Crippen LogP contribution in [0.1, 0.15) is 16.7 Å². The fraction of sp³-hybridized carbons (Fsp3) is 0.105. The number of benzene rings is 2. The van der Waals surface area contributed by atoms with Crippen LogP contribution in [0, 0.1) is 6.92 Å². The van der Waals surface area contributed by atoms with Gasteiger partial charge in [0.2, 0.25) is 5.91 Å². The molecule has 0 fully saturated rings. The number of H-pyrrole nitrogens is 1. The number of rotatable bonds is 5. The predicted molar refractivity (Wildman–Crippen MR) is 105 cm³/mol. The monoisotopic (exact) mass is 386 g/mol. The summed E-state index contributed by atoms with van der Waals surface area (Å²) in [6.45, 7) is 2.03. The van der Waals surface area contributed by atoms with E-state index in [9.17, 15) is 4.79 Å². The first-order chi connectivity index (χ1) is 12.5. The van der Waals surface area contributed by atoms with Gasteiger partial charge in [-0.1, -0.05) is 59.1 Å². The Morgan fingerprint density at radius 3 is 2.58 bits per heavy atom. The summed E-state index contributed by atoms with van der Waals surface area (Å²) in [6.07, 6.45) is 3.24. The number of hydrogen-bond donors (Lipinski definition) is 2. The minimum atomic E-state index is -0.309. The summed E-state index contributed by atoms with van der Waals surface area (Å²) in [4.78, 5) is 12.1. The van der Waals surface area contributed by atoms with E-state index in [-0.39, 0.29) is 12.3 Å². The predicted octanol–water partition coefficient (Wildman–Crippen LogP) is 4.38. The Labute approximate surface area is 161 Å². The minimum Gasteiger partial charge on any atom is -0.277 e. The Morgan fingerprint density at radius 1 is 1.19 bits per heavy atom. The van der Waals surface area contributed by atoms with Crippen molar-refractivity contribution in [1.29, 1.82) is 0 Å². The van der Waals surface area contributed by atoms with Gasteiger partial charge < -0.3 is 0 Å². The van der Waals surface area contributed by atoms with Gasteiger partial charge in [-0.2, -0.15) is 10.2 Å². The highest BCUT2D eigenvalue weighted by Gasteiger charge is 2.10. The number of carbonyl (C=O) groups excluding carboxylic acids is 1. The molecule has 0 radical (unpaired) electrons. The smallest absolute Gasteiger partial charge is 0.244 e. The second kappa shape index (κ2) is 8.17. The van der Waals surface area contributed by atoms with Gasteiger partial charge in [0, 0.05) is 21.2 Å². The highest BCUT2D eigenvalue weighted by atomic mass is 35.5. The molecule has 0 aliphatic rings. The third-order valence-corrected chi connectivity index (χ3v) is 4.51. The van der Waals surface area contributed by atoms with E-state index >= 15 is 0 Å². The van der Waals surface area contributed by atoms with Crippen LogP contribution in [-0.2, 0) is 11.2 Å². The molecule has 132 valence electrons. The number of amides is 1. The van der Waals surface area contributed by atoms with Gasteiger partial charge in [0.15, 0.2) is 0 Å². The van der Waals surface area contributed by atoms with Crippen molar-refractivity contribution in [3.05, 3.63) is 75.4 Å². The van der Waals surface area contributed by atoms with E-state index < -0.39 is 0 Å². The van der Waals surface area contributed by atoms with Crippen LogP contribution in [-0.4, -0.2) is 22.3 Å². The van der Waals surface area contributed by atoms with Crippen molar-refractivity contribution in [3.63, 3.8) is 0 Å². The standard InChI is InChI=1S/C19H16Cl2N4O/c1-12-5-7-13(8-6-12)19-14(11-23-25-19)10-22-24-18(26)9-15-16(20)3-2-4-17(15)21/h2-8,10-11H,9H2,1H3,(H,23,25)(H,24,26)/b22-10-. The van der Waals surface area contributed by atoms with Crippen molar-refractivity contribution in [3.8, 4) is 11.3 Å². The number of hydrazone groups is 1. The first kappa shape index (κ1) is 18.2. The molecule has 1 aromatic heterocycles. The quantitative estimate of drug-likeness (QED) is 0.504. The highest BCUT2D eigenvalue weighted by Crippen LogP contribution is 2.24. The van der Waals surface area contributed by atoms with Crippen LogP contribution >= 0.6 is 23.2 Å². The average Bonchev–Trinajstić information content (AvgIpc) is 3.07. The molecule has 3 aromatic rings. The van der Waals surface area contributed by atoms with E-state index in [0.29, 0.717) is 15.6 Å².